The Labute approximate surface area is 183 Å². The first-order chi connectivity index (χ1) is 15.4. The molecule has 1 unspecified atom stereocenters. The lowest BCUT2D eigenvalue weighted by Gasteiger charge is -2.21. The van der Waals surface area contributed by atoms with Crippen LogP contribution in [-0.2, 0) is 21.9 Å². The van der Waals surface area contributed by atoms with Crippen LogP contribution in [0.3, 0.4) is 0 Å². The van der Waals surface area contributed by atoms with Gasteiger partial charge in [-0.2, -0.15) is 26.3 Å². The van der Waals surface area contributed by atoms with E-state index >= 15 is 0 Å². The summed E-state index contributed by atoms with van der Waals surface area (Å²) in [4.78, 5) is 27.5. The van der Waals surface area contributed by atoms with Crippen molar-refractivity contribution in [2.24, 2.45) is 5.92 Å². The third-order valence-corrected chi connectivity index (χ3v) is 4.71. The van der Waals surface area contributed by atoms with Gasteiger partial charge in [0.25, 0.3) is 5.91 Å². The zero-order chi connectivity index (χ0) is 24.2. The molecule has 0 saturated carbocycles. The molecule has 1 saturated heterocycles. The number of carbonyl (C=O) groups is 2. The van der Waals surface area contributed by atoms with Gasteiger partial charge in [0.2, 0.25) is 5.91 Å². The summed E-state index contributed by atoms with van der Waals surface area (Å²) in [6.07, 6.45) is -5.49. The molecule has 2 aromatic rings. The van der Waals surface area contributed by atoms with Crippen molar-refractivity contribution >= 4 is 18.0 Å². The molecule has 3 rings (SSSR count). The molecule has 0 radical (unpaired) electrons. The number of hydrogen-bond acceptors (Lipinski definition) is 5. The number of rotatable bonds is 4. The van der Waals surface area contributed by atoms with Gasteiger partial charge in [-0.05, 0) is 37.6 Å². The van der Waals surface area contributed by atoms with Crippen LogP contribution >= 0.6 is 0 Å². The van der Waals surface area contributed by atoms with Crippen molar-refractivity contribution < 1.29 is 35.9 Å². The van der Waals surface area contributed by atoms with Gasteiger partial charge in [0, 0.05) is 24.4 Å². The van der Waals surface area contributed by atoms with Gasteiger partial charge in [-0.1, -0.05) is 0 Å². The number of benzene rings is 1. The Morgan fingerprint density at radius 2 is 1.73 bits per heavy atom. The maximum absolute atomic E-state index is 13.0. The Morgan fingerprint density at radius 3 is 2.30 bits per heavy atom. The van der Waals surface area contributed by atoms with E-state index in [1.165, 1.54) is 0 Å². The van der Waals surface area contributed by atoms with Gasteiger partial charge in [-0.3, -0.25) is 20.4 Å². The fraction of sp³-hybridized carbons (Fsp3) is 0.368. The highest BCUT2D eigenvalue weighted by atomic mass is 19.4. The first-order valence-electron chi connectivity index (χ1n) is 9.63. The predicted molar refractivity (Wildman–Crippen MR) is 103 cm³/mol. The number of hydrogen-bond donors (Lipinski definition) is 3. The molecule has 0 bridgehead atoms. The molecule has 0 aliphatic carbocycles. The van der Waals surface area contributed by atoms with E-state index in [2.05, 4.69) is 26.3 Å². The highest BCUT2D eigenvalue weighted by molar-refractivity contribution is 5.92. The third-order valence-electron chi connectivity index (χ3n) is 4.71. The Hall–Kier alpha value is -3.42. The number of aromatic nitrogens is 3. The maximum Gasteiger partial charge on any atom is 0.416 e. The maximum atomic E-state index is 13.0. The van der Waals surface area contributed by atoms with Crippen LogP contribution in [0, 0.1) is 5.92 Å². The molecule has 1 aliphatic rings. The first-order valence-corrected chi connectivity index (χ1v) is 9.63. The molecular formula is C19H18F6N6O2. The van der Waals surface area contributed by atoms with E-state index in [1.54, 1.807) is 0 Å². The van der Waals surface area contributed by atoms with Gasteiger partial charge in [0.1, 0.15) is 6.33 Å². The Morgan fingerprint density at radius 1 is 1.06 bits per heavy atom. The number of amides is 2. The van der Waals surface area contributed by atoms with E-state index in [-0.39, 0.29) is 17.9 Å². The largest absolute Gasteiger partial charge is 0.416 e. The van der Waals surface area contributed by atoms with Gasteiger partial charge in [0.05, 0.1) is 17.0 Å². The average Bonchev–Trinajstić information content (AvgIpc) is 3.24. The van der Waals surface area contributed by atoms with Crippen LogP contribution in [-0.4, -0.2) is 39.7 Å². The standard InChI is InChI=1S/C19H18F6N6O2/c20-18(21,22)13-6-12(7-14(8-13)19(23,24)25)16-27-10-31(30-16)5-3-15(32)28-29-17(33)11-2-1-4-26-9-11/h3,5-8,10-11,26H,1-2,4,9H2,(H,28,32)(H,29,33)/b5-3-. The normalized spacial score (nSPS) is 17.2. The minimum absolute atomic E-state index is 0.00239. The molecule has 1 aromatic carbocycles. The second kappa shape index (κ2) is 9.60. The summed E-state index contributed by atoms with van der Waals surface area (Å²) in [5.41, 5.74) is 0.951. The summed E-state index contributed by atoms with van der Waals surface area (Å²) in [6, 6.07) is 1.00. The molecule has 1 fully saturated rings. The molecule has 2 amide bonds. The predicted octanol–water partition coefficient (Wildman–Crippen LogP) is 2.60. The lowest BCUT2D eigenvalue weighted by atomic mass is 9.99. The van der Waals surface area contributed by atoms with Crippen molar-refractivity contribution in [2.75, 3.05) is 13.1 Å². The highest BCUT2D eigenvalue weighted by Crippen LogP contribution is 2.38. The van der Waals surface area contributed by atoms with Crippen LogP contribution in [0.5, 0.6) is 0 Å². The quantitative estimate of drug-likeness (QED) is 0.358. The zero-order valence-corrected chi connectivity index (χ0v) is 16.8. The molecule has 0 spiro atoms. The van der Waals surface area contributed by atoms with Crippen molar-refractivity contribution in [1.82, 2.24) is 30.9 Å². The van der Waals surface area contributed by atoms with Crippen LogP contribution in [0.2, 0.25) is 0 Å². The van der Waals surface area contributed by atoms with Crippen LogP contribution < -0.4 is 16.2 Å². The number of nitrogens with one attached hydrogen (secondary N) is 3. The first kappa shape index (κ1) is 24.2. The molecule has 3 N–H and O–H groups in total. The molecule has 1 aromatic heterocycles. The lowest BCUT2D eigenvalue weighted by molar-refractivity contribution is -0.143. The van der Waals surface area contributed by atoms with Crippen molar-refractivity contribution in [3.05, 3.63) is 41.7 Å². The monoisotopic (exact) mass is 476 g/mol. The van der Waals surface area contributed by atoms with Crippen LogP contribution in [0.25, 0.3) is 17.6 Å². The molecule has 178 valence electrons. The Bertz CT molecular complexity index is 1010. The second-order valence-electron chi connectivity index (χ2n) is 7.18. The van der Waals surface area contributed by atoms with Gasteiger partial charge in [-0.15, -0.1) is 5.10 Å². The van der Waals surface area contributed by atoms with Crippen molar-refractivity contribution in [3.8, 4) is 11.4 Å². The van der Waals surface area contributed by atoms with E-state index in [4.69, 9.17) is 0 Å². The summed E-state index contributed by atoms with van der Waals surface area (Å²) in [5, 5.41) is 6.83. The summed E-state index contributed by atoms with van der Waals surface area (Å²) in [6.45, 7) is 1.31. The van der Waals surface area contributed by atoms with Gasteiger partial charge < -0.3 is 5.32 Å². The number of hydrazine groups is 1. The van der Waals surface area contributed by atoms with Crippen molar-refractivity contribution in [1.29, 1.82) is 0 Å². The fourth-order valence-corrected chi connectivity index (χ4v) is 3.05. The SMILES string of the molecule is O=C(/C=C\n1cnc(-c2cc(C(F)(F)F)cc(C(F)(F)F)c2)n1)NNC(=O)C1CCCNC1. The second-order valence-corrected chi connectivity index (χ2v) is 7.18. The summed E-state index contributed by atoms with van der Waals surface area (Å²) >= 11 is 0. The molecule has 1 aliphatic heterocycles. The van der Waals surface area contributed by atoms with E-state index in [0.717, 1.165) is 36.3 Å². The molecule has 2 heterocycles. The summed E-state index contributed by atoms with van der Waals surface area (Å²) in [5.74, 6) is -1.79. The molecular weight excluding hydrogens is 458 g/mol. The summed E-state index contributed by atoms with van der Waals surface area (Å²) in [7, 11) is 0. The van der Waals surface area contributed by atoms with Gasteiger partial charge in [0.15, 0.2) is 5.82 Å². The summed E-state index contributed by atoms with van der Waals surface area (Å²) < 4.78 is 79.0. The molecule has 1 atom stereocenters. The molecule has 14 heteroatoms. The molecule has 8 nitrogen and oxygen atoms in total. The van der Waals surface area contributed by atoms with E-state index in [1.807, 2.05) is 0 Å². The Kier molecular flexibility index (Phi) is 7.05. The van der Waals surface area contributed by atoms with E-state index < -0.39 is 40.8 Å². The minimum Gasteiger partial charge on any atom is -0.316 e. The average molecular weight is 476 g/mol. The van der Waals surface area contributed by atoms with Crippen LogP contribution in [0.1, 0.15) is 24.0 Å². The number of halogens is 6. The van der Waals surface area contributed by atoms with Crippen LogP contribution in [0.15, 0.2) is 30.6 Å². The Balaban J connectivity index is 1.68. The number of piperidine rings is 1. The fourth-order valence-electron chi connectivity index (χ4n) is 3.05. The topological polar surface area (TPSA) is 101 Å². The minimum atomic E-state index is -5.01. The molecule has 33 heavy (non-hydrogen) atoms. The van der Waals surface area contributed by atoms with E-state index in [9.17, 15) is 35.9 Å². The number of nitrogens with zero attached hydrogens (tertiary/aromatic N) is 3. The van der Waals surface area contributed by atoms with Gasteiger partial charge >= 0.3 is 12.4 Å². The smallest absolute Gasteiger partial charge is 0.316 e. The third kappa shape index (κ3) is 6.54. The van der Waals surface area contributed by atoms with E-state index in [0.29, 0.717) is 25.1 Å². The number of alkyl halides is 6. The number of carbonyl (C=O) groups excluding carboxylic acids is 2. The van der Waals surface area contributed by atoms with Crippen molar-refractivity contribution in [3.63, 3.8) is 0 Å². The highest BCUT2D eigenvalue weighted by Gasteiger charge is 2.37. The lowest BCUT2D eigenvalue weighted by Crippen LogP contribution is -2.47. The van der Waals surface area contributed by atoms with Crippen LogP contribution in [0.4, 0.5) is 26.3 Å². The van der Waals surface area contributed by atoms with Gasteiger partial charge in [-0.25, -0.2) is 9.67 Å². The van der Waals surface area contributed by atoms with Crippen molar-refractivity contribution in [2.45, 2.75) is 25.2 Å². The zero-order valence-electron chi connectivity index (χ0n) is 16.8.